The lowest BCUT2D eigenvalue weighted by Gasteiger charge is -2.23. The maximum absolute atomic E-state index is 10.0. The van der Waals surface area contributed by atoms with E-state index in [2.05, 4.69) is 16.5 Å². The Kier molecular flexibility index (Phi) is 5.31. The summed E-state index contributed by atoms with van der Waals surface area (Å²) in [7, 11) is 0. The molecule has 1 aliphatic rings. The van der Waals surface area contributed by atoms with Crippen molar-refractivity contribution in [2.75, 3.05) is 13.2 Å². The predicted molar refractivity (Wildman–Crippen MR) is 90.4 cm³/mol. The summed E-state index contributed by atoms with van der Waals surface area (Å²) in [5.74, 6) is 0.295. The SMILES string of the molecule is OCCn1cc(-c2cc(O)cc(CC[C@H]3CCCCN3)c2)cn1. The first-order valence-electron chi connectivity index (χ1n) is 8.44. The third-order valence-electron chi connectivity index (χ3n) is 4.47. The molecule has 0 amide bonds. The van der Waals surface area contributed by atoms with Gasteiger partial charge in [0.05, 0.1) is 19.3 Å². The van der Waals surface area contributed by atoms with E-state index >= 15 is 0 Å². The minimum atomic E-state index is 0.0702. The number of phenols is 1. The molecule has 1 aromatic heterocycles. The highest BCUT2D eigenvalue weighted by Crippen LogP contribution is 2.26. The summed E-state index contributed by atoms with van der Waals surface area (Å²) in [6, 6.07) is 6.34. The van der Waals surface area contributed by atoms with Crippen molar-refractivity contribution in [1.82, 2.24) is 15.1 Å². The number of phenolic OH excluding ortho intramolecular Hbond substituents is 1. The molecule has 5 heteroatoms. The Morgan fingerprint density at radius 1 is 1.22 bits per heavy atom. The molecule has 0 spiro atoms. The van der Waals surface area contributed by atoms with E-state index in [0.717, 1.165) is 36.1 Å². The van der Waals surface area contributed by atoms with Crippen LogP contribution in [-0.2, 0) is 13.0 Å². The first-order valence-corrected chi connectivity index (χ1v) is 8.44. The van der Waals surface area contributed by atoms with Gasteiger partial charge in [0.2, 0.25) is 0 Å². The van der Waals surface area contributed by atoms with Crippen LogP contribution in [0.3, 0.4) is 0 Å². The number of piperidine rings is 1. The van der Waals surface area contributed by atoms with Crippen molar-refractivity contribution in [3.05, 3.63) is 36.2 Å². The van der Waals surface area contributed by atoms with Crippen LogP contribution in [0.5, 0.6) is 5.75 Å². The van der Waals surface area contributed by atoms with E-state index in [1.807, 2.05) is 12.3 Å². The van der Waals surface area contributed by atoms with Crippen molar-refractivity contribution in [2.45, 2.75) is 44.7 Å². The number of aliphatic hydroxyl groups excluding tert-OH is 1. The second-order valence-corrected chi connectivity index (χ2v) is 6.29. The van der Waals surface area contributed by atoms with Crippen LogP contribution in [0.1, 0.15) is 31.2 Å². The minimum absolute atomic E-state index is 0.0702. The third-order valence-corrected chi connectivity index (χ3v) is 4.47. The van der Waals surface area contributed by atoms with Crippen LogP contribution in [0.2, 0.25) is 0 Å². The van der Waals surface area contributed by atoms with E-state index in [4.69, 9.17) is 5.11 Å². The zero-order valence-corrected chi connectivity index (χ0v) is 13.4. The van der Waals surface area contributed by atoms with Gasteiger partial charge in [-0.05, 0) is 55.5 Å². The molecule has 5 nitrogen and oxygen atoms in total. The van der Waals surface area contributed by atoms with Crippen LogP contribution >= 0.6 is 0 Å². The monoisotopic (exact) mass is 315 g/mol. The molecule has 0 bridgehead atoms. The van der Waals surface area contributed by atoms with Gasteiger partial charge >= 0.3 is 0 Å². The van der Waals surface area contributed by atoms with Crippen LogP contribution in [0.15, 0.2) is 30.6 Å². The van der Waals surface area contributed by atoms with Crippen LogP contribution in [-0.4, -0.2) is 39.2 Å². The lowest BCUT2D eigenvalue weighted by Crippen LogP contribution is -2.34. The summed E-state index contributed by atoms with van der Waals surface area (Å²) in [6.45, 7) is 1.68. The van der Waals surface area contributed by atoms with Gasteiger partial charge in [-0.25, -0.2) is 0 Å². The number of rotatable bonds is 6. The Labute approximate surface area is 137 Å². The first-order chi connectivity index (χ1) is 11.2. The third kappa shape index (κ3) is 4.33. The van der Waals surface area contributed by atoms with Gasteiger partial charge in [-0.15, -0.1) is 0 Å². The van der Waals surface area contributed by atoms with Crippen molar-refractivity contribution in [1.29, 1.82) is 0 Å². The molecule has 1 aliphatic heterocycles. The molecule has 2 aromatic rings. The van der Waals surface area contributed by atoms with E-state index in [0.29, 0.717) is 18.3 Å². The molecular weight excluding hydrogens is 290 g/mol. The Morgan fingerprint density at radius 2 is 2.13 bits per heavy atom. The number of aromatic nitrogens is 2. The quantitative estimate of drug-likeness (QED) is 0.765. The van der Waals surface area contributed by atoms with Crippen molar-refractivity contribution in [2.24, 2.45) is 0 Å². The van der Waals surface area contributed by atoms with E-state index in [1.54, 1.807) is 16.9 Å². The maximum atomic E-state index is 10.0. The number of aryl methyl sites for hydroxylation is 1. The van der Waals surface area contributed by atoms with E-state index in [1.165, 1.54) is 19.3 Å². The number of aromatic hydroxyl groups is 1. The summed E-state index contributed by atoms with van der Waals surface area (Å²) in [4.78, 5) is 0. The average molecular weight is 315 g/mol. The molecule has 3 N–H and O–H groups in total. The van der Waals surface area contributed by atoms with Crippen molar-refractivity contribution < 1.29 is 10.2 Å². The van der Waals surface area contributed by atoms with E-state index in [-0.39, 0.29) is 6.61 Å². The summed E-state index contributed by atoms with van der Waals surface area (Å²) >= 11 is 0. The molecule has 1 saturated heterocycles. The minimum Gasteiger partial charge on any atom is -0.508 e. The number of nitrogens with zero attached hydrogens (tertiary/aromatic N) is 2. The molecular formula is C18H25N3O2. The topological polar surface area (TPSA) is 70.3 Å². The summed E-state index contributed by atoms with van der Waals surface area (Å²) in [5.41, 5.74) is 3.09. The Morgan fingerprint density at radius 3 is 2.91 bits per heavy atom. The van der Waals surface area contributed by atoms with Crippen molar-refractivity contribution >= 4 is 0 Å². The van der Waals surface area contributed by atoms with Crippen LogP contribution in [0.4, 0.5) is 0 Å². The maximum Gasteiger partial charge on any atom is 0.116 e. The Balaban J connectivity index is 1.70. The number of nitrogens with one attached hydrogen (secondary N) is 1. The van der Waals surface area contributed by atoms with Gasteiger partial charge in [0.25, 0.3) is 0 Å². The van der Waals surface area contributed by atoms with Gasteiger partial charge in [0.15, 0.2) is 0 Å². The van der Waals surface area contributed by atoms with Crippen LogP contribution in [0, 0.1) is 0 Å². The van der Waals surface area contributed by atoms with Crippen molar-refractivity contribution in [3.8, 4) is 16.9 Å². The first kappa shape index (κ1) is 16.0. The number of aliphatic hydroxyl groups is 1. The molecule has 3 rings (SSSR count). The molecule has 1 fully saturated rings. The smallest absolute Gasteiger partial charge is 0.116 e. The zero-order valence-electron chi connectivity index (χ0n) is 13.4. The molecule has 2 heterocycles. The van der Waals surface area contributed by atoms with Gasteiger partial charge in [-0.3, -0.25) is 4.68 Å². The van der Waals surface area contributed by atoms with Crippen LogP contribution in [0.25, 0.3) is 11.1 Å². The molecule has 23 heavy (non-hydrogen) atoms. The van der Waals surface area contributed by atoms with Gasteiger partial charge in [-0.2, -0.15) is 5.10 Å². The number of hydrogen-bond donors (Lipinski definition) is 3. The zero-order chi connectivity index (χ0) is 16.1. The number of hydrogen-bond acceptors (Lipinski definition) is 4. The Hall–Kier alpha value is -1.85. The molecule has 0 aliphatic carbocycles. The highest BCUT2D eigenvalue weighted by Gasteiger charge is 2.13. The summed E-state index contributed by atoms with van der Waals surface area (Å²) in [5, 5.41) is 26.8. The standard InChI is InChI=1S/C18H25N3O2/c22-8-7-21-13-16(12-20-21)15-9-14(10-18(23)11-15)4-5-17-3-1-2-6-19-17/h9-13,17,19,22-23H,1-8H2/t17-/m1/s1. The van der Waals surface area contributed by atoms with Crippen LogP contribution < -0.4 is 5.32 Å². The molecule has 1 aromatic carbocycles. The fourth-order valence-electron chi connectivity index (χ4n) is 3.23. The fraction of sp³-hybridized carbons (Fsp3) is 0.500. The van der Waals surface area contributed by atoms with Crippen molar-refractivity contribution in [3.63, 3.8) is 0 Å². The lowest BCUT2D eigenvalue weighted by molar-refractivity contribution is 0.269. The molecule has 0 unspecified atom stereocenters. The highest BCUT2D eigenvalue weighted by molar-refractivity contribution is 5.64. The molecule has 0 radical (unpaired) electrons. The molecule has 124 valence electrons. The lowest BCUT2D eigenvalue weighted by atomic mass is 9.96. The second kappa shape index (κ2) is 7.62. The fourth-order valence-corrected chi connectivity index (χ4v) is 3.23. The summed E-state index contributed by atoms with van der Waals surface area (Å²) < 4.78 is 1.71. The highest BCUT2D eigenvalue weighted by atomic mass is 16.3. The van der Waals surface area contributed by atoms with E-state index in [9.17, 15) is 5.11 Å². The molecule has 1 atom stereocenters. The normalized spacial score (nSPS) is 18.2. The number of benzene rings is 1. The van der Waals surface area contributed by atoms with Gasteiger partial charge < -0.3 is 15.5 Å². The predicted octanol–water partition coefficient (Wildman–Crippen LogP) is 2.32. The largest absolute Gasteiger partial charge is 0.508 e. The average Bonchev–Trinajstić information content (AvgIpc) is 3.03. The second-order valence-electron chi connectivity index (χ2n) is 6.29. The van der Waals surface area contributed by atoms with Gasteiger partial charge in [0.1, 0.15) is 5.75 Å². The van der Waals surface area contributed by atoms with E-state index < -0.39 is 0 Å². The molecule has 0 saturated carbocycles. The summed E-state index contributed by atoms with van der Waals surface area (Å²) in [6.07, 6.45) is 9.59. The van der Waals surface area contributed by atoms with Gasteiger partial charge in [0, 0.05) is 17.8 Å². The van der Waals surface area contributed by atoms with Gasteiger partial charge in [-0.1, -0.05) is 12.5 Å². The Bertz CT molecular complexity index is 633.